The van der Waals surface area contributed by atoms with E-state index in [-0.39, 0.29) is 19.4 Å². The van der Waals surface area contributed by atoms with Crippen LogP contribution < -0.4 is 9.47 Å². The molecule has 0 saturated heterocycles. The Morgan fingerprint density at radius 2 is 1.94 bits per heavy atom. The van der Waals surface area contributed by atoms with Gasteiger partial charge in [0.2, 0.25) is 6.79 Å². The van der Waals surface area contributed by atoms with Crippen LogP contribution in [0.2, 0.25) is 0 Å². The van der Waals surface area contributed by atoms with Gasteiger partial charge in [-0.3, -0.25) is 4.90 Å². The number of aliphatic hydroxyl groups is 1. The minimum atomic E-state index is 0.0273. The maximum Gasteiger partial charge on any atom is 0.231 e. The van der Waals surface area contributed by atoms with Gasteiger partial charge in [0.25, 0.3) is 0 Å². The predicted octanol–water partition coefficient (Wildman–Crippen LogP) is 1.79. The Bertz CT molecular complexity index is 377. The van der Waals surface area contributed by atoms with E-state index in [0.717, 1.165) is 30.2 Å². The summed E-state index contributed by atoms with van der Waals surface area (Å²) in [6, 6.07) is 5.89. The van der Waals surface area contributed by atoms with Gasteiger partial charge in [-0.05, 0) is 30.8 Å². The number of hydrogen-bond acceptors (Lipinski definition) is 4. The van der Waals surface area contributed by atoms with Crippen molar-refractivity contribution in [3.8, 4) is 11.5 Å². The highest BCUT2D eigenvalue weighted by molar-refractivity contribution is 5.45. The third-order valence-electron chi connectivity index (χ3n) is 3.21. The van der Waals surface area contributed by atoms with Crippen molar-refractivity contribution in [2.45, 2.75) is 19.9 Å². The van der Waals surface area contributed by atoms with Gasteiger partial charge in [0.1, 0.15) is 0 Å². The second-order valence-corrected chi connectivity index (χ2v) is 4.03. The lowest BCUT2D eigenvalue weighted by atomic mass is 10.1. The number of rotatable bonds is 5. The lowest BCUT2D eigenvalue weighted by Crippen LogP contribution is -2.30. The van der Waals surface area contributed by atoms with E-state index >= 15 is 0 Å². The largest absolute Gasteiger partial charge is 0.454 e. The Kier molecular flexibility index (Phi) is 3.86. The number of hydrogen-bond donors (Lipinski definition) is 1. The topological polar surface area (TPSA) is 41.9 Å². The predicted molar refractivity (Wildman–Crippen MR) is 65.3 cm³/mol. The van der Waals surface area contributed by atoms with Crippen molar-refractivity contribution in [1.29, 1.82) is 0 Å². The molecule has 1 N–H and O–H groups in total. The first-order valence-corrected chi connectivity index (χ1v) is 6.04. The van der Waals surface area contributed by atoms with E-state index in [1.807, 2.05) is 18.2 Å². The smallest absolute Gasteiger partial charge is 0.231 e. The number of fused-ring (bicyclic) bond motifs is 1. The average molecular weight is 237 g/mol. The van der Waals surface area contributed by atoms with E-state index in [0.29, 0.717) is 0 Å². The molecule has 94 valence electrons. The molecule has 1 aromatic rings. The van der Waals surface area contributed by atoms with Crippen molar-refractivity contribution in [3.63, 3.8) is 0 Å². The summed E-state index contributed by atoms with van der Waals surface area (Å²) >= 11 is 0. The molecule has 0 aliphatic carbocycles. The van der Waals surface area contributed by atoms with E-state index in [1.165, 1.54) is 0 Å². The van der Waals surface area contributed by atoms with Crippen LogP contribution in [0.1, 0.15) is 25.5 Å². The Morgan fingerprint density at radius 3 is 2.59 bits per heavy atom. The average Bonchev–Trinajstić information content (AvgIpc) is 2.82. The van der Waals surface area contributed by atoms with Crippen LogP contribution in [-0.4, -0.2) is 36.5 Å². The molecule has 1 aromatic carbocycles. The van der Waals surface area contributed by atoms with E-state index in [2.05, 4.69) is 18.7 Å². The van der Waals surface area contributed by atoms with Gasteiger partial charge in [0.15, 0.2) is 11.5 Å². The zero-order chi connectivity index (χ0) is 12.3. The van der Waals surface area contributed by atoms with Crippen molar-refractivity contribution in [3.05, 3.63) is 23.8 Å². The summed E-state index contributed by atoms with van der Waals surface area (Å²) in [7, 11) is 0. The molecule has 4 nitrogen and oxygen atoms in total. The monoisotopic (exact) mass is 237 g/mol. The van der Waals surface area contributed by atoms with E-state index < -0.39 is 0 Å². The molecule has 17 heavy (non-hydrogen) atoms. The van der Waals surface area contributed by atoms with Crippen LogP contribution in [0.4, 0.5) is 0 Å². The Balaban J connectivity index is 2.25. The second-order valence-electron chi connectivity index (χ2n) is 4.03. The highest BCUT2D eigenvalue weighted by Crippen LogP contribution is 2.35. The molecule has 1 atom stereocenters. The second kappa shape index (κ2) is 5.38. The van der Waals surface area contributed by atoms with Crippen LogP contribution >= 0.6 is 0 Å². The molecule has 1 aliphatic rings. The van der Waals surface area contributed by atoms with Crippen LogP contribution in [0.25, 0.3) is 0 Å². The van der Waals surface area contributed by atoms with Crippen LogP contribution in [0, 0.1) is 0 Å². The number of ether oxygens (including phenoxy) is 2. The van der Waals surface area contributed by atoms with E-state index in [1.54, 1.807) is 0 Å². The van der Waals surface area contributed by atoms with Gasteiger partial charge < -0.3 is 14.6 Å². The summed E-state index contributed by atoms with van der Waals surface area (Å²) in [5, 5.41) is 9.55. The molecule has 4 heteroatoms. The zero-order valence-electron chi connectivity index (χ0n) is 10.3. The minimum absolute atomic E-state index is 0.0273. The third-order valence-corrected chi connectivity index (χ3v) is 3.21. The Morgan fingerprint density at radius 1 is 1.24 bits per heavy atom. The fourth-order valence-corrected chi connectivity index (χ4v) is 2.22. The molecule has 0 amide bonds. The molecule has 0 bridgehead atoms. The van der Waals surface area contributed by atoms with Crippen LogP contribution in [0.3, 0.4) is 0 Å². The number of likely N-dealkylation sites (N-methyl/N-ethyl adjacent to an activating group) is 1. The van der Waals surface area contributed by atoms with Crippen LogP contribution in [0.15, 0.2) is 18.2 Å². The van der Waals surface area contributed by atoms with Gasteiger partial charge in [-0.25, -0.2) is 0 Å². The molecule has 0 spiro atoms. The van der Waals surface area contributed by atoms with Crippen molar-refractivity contribution in [1.82, 2.24) is 4.90 Å². The van der Waals surface area contributed by atoms with Crippen molar-refractivity contribution < 1.29 is 14.6 Å². The van der Waals surface area contributed by atoms with Crippen LogP contribution in [-0.2, 0) is 0 Å². The first-order chi connectivity index (χ1) is 8.30. The normalized spacial score (nSPS) is 15.3. The lowest BCUT2D eigenvalue weighted by molar-refractivity contribution is 0.133. The summed E-state index contributed by atoms with van der Waals surface area (Å²) in [6.07, 6.45) is 0. The summed E-state index contributed by atoms with van der Waals surface area (Å²) in [4.78, 5) is 2.22. The molecule has 0 saturated carbocycles. The minimum Gasteiger partial charge on any atom is -0.454 e. The van der Waals surface area contributed by atoms with Gasteiger partial charge in [-0.15, -0.1) is 0 Å². The van der Waals surface area contributed by atoms with Gasteiger partial charge in [-0.1, -0.05) is 19.9 Å². The van der Waals surface area contributed by atoms with E-state index in [9.17, 15) is 5.11 Å². The standard InChI is InChI=1S/C13H19NO3/c1-3-14(4-2)11(8-15)10-5-6-12-13(7-10)17-9-16-12/h5-7,11,15H,3-4,8-9H2,1-2H3. The molecular formula is C13H19NO3. The first-order valence-electron chi connectivity index (χ1n) is 6.04. The maximum absolute atomic E-state index is 9.55. The van der Waals surface area contributed by atoms with Crippen molar-refractivity contribution in [2.24, 2.45) is 0 Å². The van der Waals surface area contributed by atoms with Gasteiger partial charge in [0.05, 0.1) is 12.6 Å². The molecule has 1 unspecified atom stereocenters. The first kappa shape index (κ1) is 12.2. The molecule has 0 radical (unpaired) electrons. The number of aliphatic hydroxyl groups excluding tert-OH is 1. The van der Waals surface area contributed by atoms with Gasteiger partial charge in [0, 0.05) is 0 Å². The summed E-state index contributed by atoms with van der Waals surface area (Å²) in [5.41, 5.74) is 1.07. The van der Waals surface area contributed by atoms with Crippen molar-refractivity contribution in [2.75, 3.05) is 26.5 Å². The summed E-state index contributed by atoms with van der Waals surface area (Å²) < 4.78 is 10.6. The summed E-state index contributed by atoms with van der Waals surface area (Å²) in [6.45, 7) is 6.42. The SMILES string of the molecule is CCN(CC)C(CO)c1ccc2c(c1)OCO2. The van der Waals surface area contributed by atoms with Gasteiger partial charge >= 0.3 is 0 Å². The fraction of sp³-hybridized carbons (Fsp3) is 0.538. The number of benzene rings is 1. The fourth-order valence-electron chi connectivity index (χ4n) is 2.22. The molecule has 1 aliphatic heterocycles. The number of nitrogens with zero attached hydrogens (tertiary/aromatic N) is 1. The van der Waals surface area contributed by atoms with E-state index in [4.69, 9.17) is 9.47 Å². The Hall–Kier alpha value is -1.26. The molecule has 2 rings (SSSR count). The molecule has 0 aromatic heterocycles. The lowest BCUT2D eigenvalue weighted by Gasteiger charge is -2.28. The quantitative estimate of drug-likeness (QED) is 0.847. The summed E-state index contributed by atoms with van der Waals surface area (Å²) in [5.74, 6) is 1.55. The van der Waals surface area contributed by atoms with Crippen molar-refractivity contribution >= 4 is 0 Å². The highest BCUT2D eigenvalue weighted by Gasteiger charge is 2.20. The highest BCUT2D eigenvalue weighted by atomic mass is 16.7. The molecule has 1 heterocycles. The maximum atomic E-state index is 9.55. The molecular weight excluding hydrogens is 218 g/mol. The molecule has 0 fully saturated rings. The third kappa shape index (κ3) is 2.37. The zero-order valence-corrected chi connectivity index (χ0v) is 10.3. The van der Waals surface area contributed by atoms with Crippen LogP contribution in [0.5, 0.6) is 11.5 Å². The Labute approximate surface area is 102 Å². The van der Waals surface area contributed by atoms with Gasteiger partial charge in [-0.2, -0.15) is 0 Å².